The zero-order valence-electron chi connectivity index (χ0n) is 18.3. The van der Waals surface area contributed by atoms with Crippen molar-refractivity contribution in [3.05, 3.63) is 102 Å². The zero-order chi connectivity index (χ0) is 21.1. The van der Waals surface area contributed by atoms with Crippen LogP contribution in [0, 0.1) is 0 Å². The maximum absolute atomic E-state index is 5.80. The fourth-order valence-electron chi connectivity index (χ4n) is 4.34. The molecule has 0 aliphatic carbocycles. The summed E-state index contributed by atoms with van der Waals surface area (Å²) >= 11 is 0. The van der Waals surface area contributed by atoms with Crippen LogP contribution in [0.3, 0.4) is 0 Å². The standard InChI is InChI=1S/C27H33N3O/c1-3-9-25(10-4-1)27(26-11-5-2-6-12-26)30-20-18-29(19-21-30)17-7-8-22-31-23-24-13-15-28-16-14-24/h1-6,9-16,27H,7-8,17-23H2. The van der Waals surface area contributed by atoms with E-state index in [1.807, 2.05) is 24.5 Å². The second kappa shape index (κ2) is 11.8. The summed E-state index contributed by atoms with van der Waals surface area (Å²) in [6, 6.07) is 26.2. The van der Waals surface area contributed by atoms with Crippen LogP contribution in [0.5, 0.6) is 0 Å². The molecule has 0 N–H and O–H groups in total. The highest BCUT2D eigenvalue weighted by Crippen LogP contribution is 2.29. The van der Waals surface area contributed by atoms with Gasteiger partial charge in [-0.25, -0.2) is 0 Å². The van der Waals surface area contributed by atoms with Gasteiger partial charge in [-0.05, 0) is 48.2 Å². The van der Waals surface area contributed by atoms with E-state index in [0.29, 0.717) is 12.6 Å². The first-order valence-corrected chi connectivity index (χ1v) is 11.4. The van der Waals surface area contributed by atoms with Gasteiger partial charge in [-0.2, -0.15) is 0 Å². The number of piperazine rings is 1. The van der Waals surface area contributed by atoms with Crippen LogP contribution in [0.4, 0.5) is 0 Å². The molecular weight excluding hydrogens is 382 g/mol. The molecule has 1 aliphatic heterocycles. The molecule has 1 fully saturated rings. The van der Waals surface area contributed by atoms with E-state index in [9.17, 15) is 0 Å². The lowest BCUT2D eigenvalue weighted by molar-refractivity contribution is 0.0957. The summed E-state index contributed by atoms with van der Waals surface area (Å²) in [5.74, 6) is 0. The largest absolute Gasteiger partial charge is 0.377 e. The second-order valence-corrected chi connectivity index (χ2v) is 8.22. The van der Waals surface area contributed by atoms with Gasteiger partial charge in [-0.15, -0.1) is 0 Å². The van der Waals surface area contributed by atoms with Crippen LogP contribution >= 0.6 is 0 Å². The predicted octanol–water partition coefficient (Wildman–Crippen LogP) is 4.79. The Bertz CT molecular complexity index is 825. The quantitative estimate of drug-likeness (QED) is 0.445. The summed E-state index contributed by atoms with van der Waals surface area (Å²) in [4.78, 5) is 9.28. The Hall–Kier alpha value is -2.53. The van der Waals surface area contributed by atoms with E-state index in [0.717, 1.165) is 45.8 Å². The first kappa shape index (κ1) is 21.7. The number of nitrogens with zero attached hydrogens (tertiary/aromatic N) is 3. The highest BCUT2D eigenvalue weighted by molar-refractivity contribution is 5.31. The predicted molar refractivity (Wildman–Crippen MR) is 126 cm³/mol. The second-order valence-electron chi connectivity index (χ2n) is 8.22. The molecule has 2 heterocycles. The van der Waals surface area contributed by atoms with E-state index in [1.54, 1.807) is 0 Å². The van der Waals surface area contributed by atoms with Gasteiger partial charge in [0.05, 0.1) is 12.6 Å². The maximum Gasteiger partial charge on any atom is 0.0717 e. The van der Waals surface area contributed by atoms with Crippen molar-refractivity contribution in [1.29, 1.82) is 0 Å². The minimum Gasteiger partial charge on any atom is -0.377 e. The van der Waals surface area contributed by atoms with Gasteiger partial charge in [0.25, 0.3) is 0 Å². The Morgan fingerprint density at radius 3 is 1.97 bits per heavy atom. The molecular formula is C27H33N3O. The van der Waals surface area contributed by atoms with E-state index in [4.69, 9.17) is 4.74 Å². The number of pyridine rings is 1. The minimum atomic E-state index is 0.339. The summed E-state index contributed by atoms with van der Waals surface area (Å²) in [7, 11) is 0. The minimum absolute atomic E-state index is 0.339. The van der Waals surface area contributed by atoms with E-state index in [-0.39, 0.29) is 0 Å². The van der Waals surface area contributed by atoms with Crippen LogP contribution in [0.25, 0.3) is 0 Å². The Balaban J connectivity index is 1.21. The number of rotatable bonds is 10. The van der Waals surface area contributed by atoms with Gasteiger partial charge in [-0.3, -0.25) is 9.88 Å². The molecule has 1 saturated heterocycles. The molecule has 4 nitrogen and oxygen atoms in total. The Labute approximate surface area is 186 Å². The molecule has 4 rings (SSSR count). The van der Waals surface area contributed by atoms with E-state index >= 15 is 0 Å². The van der Waals surface area contributed by atoms with E-state index in [1.165, 1.54) is 23.1 Å². The van der Waals surface area contributed by atoms with Gasteiger partial charge < -0.3 is 9.64 Å². The average molecular weight is 416 g/mol. The normalized spacial score (nSPS) is 15.4. The Morgan fingerprint density at radius 2 is 1.35 bits per heavy atom. The smallest absolute Gasteiger partial charge is 0.0717 e. The SMILES string of the molecule is c1ccc(C(c2ccccc2)N2CCN(CCCCOCc3ccncc3)CC2)cc1. The van der Waals surface area contributed by atoms with E-state index < -0.39 is 0 Å². The van der Waals surface area contributed by atoms with Crippen LogP contribution in [0.2, 0.25) is 0 Å². The number of hydrogen-bond donors (Lipinski definition) is 0. The maximum atomic E-state index is 5.80. The number of unbranched alkanes of at least 4 members (excludes halogenated alkanes) is 1. The van der Waals surface area contributed by atoms with Crippen molar-refractivity contribution in [2.75, 3.05) is 39.3 Å². The van der Waals surface area contributed by atoms with Crippen LogP contribution in [0.1, 0.15) is 35.6 Å². The van der Waals surface area contributed by atoms with Crippen molar-refractivity contribution >= 4 is 0 Å². The lowest BCUT2D eigenvalue weighted by Gasteiger charge is -2.39. The van der Waals surface area contributed by atoms with Gasteiger partial charge in [0.15, 0.2) is 0 Å². The van der Waals surface area contributed by atoms with Crippen molar-refractivity contribution in [1.82, 2.24) is 14.8 Å². The van der Waals surface area contributed by atoms with Crippen molar-refractivity contribution in [2.24, 2.45) is 0 Å². The topological polar surface area (TPSA) is 28.6 Å². The molecule has 0 radical (unpaired) electrons. The highest BCUT2D eigenvalue weighted by Gasteiger charge is 2.25. The third-order valence-corrected chi connectivity index (χ3v) is 6.03. The summed E-state index contributed by atoms with van der Waals surface area (Å²) in [6.07, 6.45) is 5.94. The van der Waals surface area contributed by atoms with Crippen LogP contribution in [-0.4, -0.2) is 54.1 Å². The molecule has 0 amide bonds. The van der Waals surface area contributed by atoms with Gasteiger partial charge in [0, 0.05) is 45.2 Å². The number of aromatic nitrogens is 1. The van der Waals surface area contributed by atoms with Crippen LogP contribution < -0.4 is 0 Å². The lowest BCUT2D eigenvalue weighted by atomic mass is 9.96. The highest BCUT2D eigenvalue weighted by atomic mass is 16.5. The molecule has 1 aromatic heterocycles. The van der Waals surface area contributed by atoms with Gasteiger partial charge in [0.1, 0.15) is 0 Å². The molecule has 0 atom stereocenters. The molecule has 2 aromatic carbocycles. The van der Waals surface area contributed by atoms with Crippen molar-refractivity contribution < 1.29 is 4.74 Å². The average Bonchev–Trinajstić information content (AvgIpc) is 2.84. The number of benzene rings is 2. The molecule has 31 heavy (non-hydrogen) atoms. The zero-order valence-corrected chi connectivity index (χ0v) is 18.3. The molecule has 0 spiro atoms. The van der Waals surface area contributed by atoms with E-state index in [2.05, 4.69) is 75.4 Å². The molecule has 3 aromatic rings. The number of hydrogen-bond acceptors (Lipinski definition) is 4. The third kappa shape index (κ3) is 6.47. The Morgan fingerprint density at radius 1 is 0.742 bits per heavy atom. The molecule has 0 unspecified atom stereocenters. The first-order chi connectivity index (χ1) is 15.4. The van der Waals surface area contributed by atoms with Crippen LogP contribution in [0.15, 0.2) is 85.2 Å². The summed E-state index contributed by atoms with van der Waals surface area (Å²) in [6.45, 7) is 7.14. The monoisotopic (exact) mass is 415 g/mol. The van der Waals surface area contributed by atoms with Crippen molar-refractivity contribution in [2.45, 2.75) is 25.5 Å². The number of ether oxygens (including phenoxy) is 1. The first-order valence-electron chi connectivity index (χ1n) is 11.4. The van der Waals surface area contributed by atoms with Gasteiger partial charge in [0.2, 0.25) is 0 Å². The Kier molecular flexibility index (Phi) is 8.22. The molecule has 0 saturated carbocycles. The fourth-order valence-corrected chi connectivity index (χ4v) is 4.34. The fraction of sp³-hybridized carbons (Fsp3) is 0.370. The molecule has 162 valence electrons. The third-order valence-electron chi connectivity index (χ3n) is 6.03. The molecule has 0 bridgehead atoms. The lowest BCUT2D eigenvalue weighted by Crippen LogP contribution is -2.48. The van der Waals surface area contributed by atoms with Gasteiger partial charge in [-0.1, -0.05) is 60.7 Å². The van der Waals surface area contributed by atoms with Gasteiger partial charge >= 0.3 is 0 Å². The summed E-state index contributed by atoms with van der Waals surface area (Å²) in [5.41, 5.74) is 3.96. The summed E-state index contributed by atoms with van der Waals surface area (Å²) in [5, 5.41) is 0. The van der Waals surface area contributed by atoms with Crippen LogP contribution in [-0.2, 0) is 11.3 Å². The molecule has 1 aliphatic rings. The summed E-state index contributed by atoms with van der Waals surface area (Å²) < 4.78 is 5.80. The molecule has 4 heteroatoms. The van der Waals surface area contributed by atoms with Crippen molar-refractivity contribution in [3.63, 3.8) is 0 Å². The van der Waals surface area contributed by atoms with Crippen molar-refractivity contribution in [3.8, 4) is 0 Å².